The van der Waals surface area contributed by atoms with Crippen LogP contribution in [0, 0.1) is 0 Å². The van der Waals surface area contributed by atoms with E-state index in [2.05, 4.69) is 0 Å². The number of carbonyl (C=O) groups is 3. The maximum absolute atomic E-state index is 12.7. The quantitative estimate of drug-likeness (QED) is 0.0481. The molecule has 2 aromatic rings. The van der Waals surface area contributed by atoms with Crippen molar-refractivity contribution in [3.63, 3.8) is 0 Å². The van der Waals surface area contributed by atoms with Crippen LogP contribution in [0.3, 0.4) is 0 Å². The first-order valence-electron chi connectivity index (χ1n) is 7.28. The molecule has 0 bridgehead atoms. The summed E-state index contributed by atoms with van der Waals surface area (Å²) in [6, 6.07) is 0.894. The number of benzene rings is 2. The van der Waals surface area contributed by atoms with E-state index in [1.807, 2.05) is 0 Å². The van der Waals surface area contributed by atoms with E-state index in [1.165, 1.54) is 0 Å². The standard InChI is InChI=1S/C13H11N5O9S2.2K/c14-10-5-1-4(28(22,23)24)2-6-9(5)7(3-8(10)29(25,26)27)12(20)18(11(6)19)17-13(21)16-15;;/h1-3H,14-15H2,(H2,16,17,21)(H,22,23,24)(H,25,26,27);;. The minimum Gasteiger partial charge on any atom is -0.397 e. The zero-order chi connectivity index (χ0) is 21.9. The maximum atomic E-state index is 12.7. The van der Waals surface area contributed by atoms with E-state index < -0.39 is 70.1 Å². The SMILES string of the molecule is NNC(=O)NN1C(=O)c2cc(S(=O)(=O)O)cc3c(N)c(S(=O)(=O)O)cc(c23)C1=O.[K].[K]. The van der Waals surface area contributed by atoms with E-state index in [0.717, 1.165) is 6.07 Å². The molecule has 8 N–H and O–H groups in total. The van der Waals surface area contributed by atoms with Crippen molar-refractivity contribution >= 4 is 157 Å². The summed E-state index contributed by atoms with van der Waals surface area (Å²) >= 11 is 0. The van der Waals surface area contributed by atoms with Gasteiger partial charge in [-0.05, 0) is 18.2 Å². The summed E-state index contributed by atoms with van der Waals surface area (Å²) in [7, 11) is -9.89. The van der Waals surface area contributed by atoms with Crippen molar-refractivity contribution in [3.8, 4) is 0 Å². The Labute approximate surface area is 259 Å². The average molecular weight is 524 g/mol. The molecule has 0 atom stereocenters. The van der Waals surface area contributed by atoms with E-state index in [1.54, 1.807) is 10.9 Å². The van der Waals surface area contributed by atoms with E-state index in [0.29, 0.717) is 12.1 Å². The van der Waals surface area contributed by atoms with Crippen LogP contribution in [0.2, 0.25) is 0 Å². The van der Waals surface area contributed by atoms with Gasteiger partial charge >= 0.3 is 6.03 Å². The number of nitrogen functional groups attached to an aromatic ring is 1. The van der Waals surface area contributed by atoms with Gasteiger partial charge in [0.2, 0.25) is 0 Å². The Morgan fingerprint density at radius 3 is 1.90 bits per heavy atom. The molecule has 31 heavy (non-hydrogen) atoms. The van der Waals surface area contributed by atoms with E-state index >= 15 is 0 Å². The fourth-order valence-corrected chi connectivity index (χ4v) is 3.99. The first-order chi connectivity index (χ1) is 13.3. The largest absolute Gasteiger partial charge is 0.397 e. The Bertz CT molecular complexity index is 1320. The average Bonchev–Trinajstić information content (AvgIpc) is 2.61. The summed E-state index contributed by atoms with van der Waals surface area (Å²) in [5.41, 5.74) is 7.42. The summed E-state index contributed by atoms with van der Waals surface area (Å²) in [5, 5.41) is -0.523. The van der Waals surface area contributed by atoms with E-state index in [4.69, 9.17) is 11.6 Å². The van der Waals surface area contributed by atoms with Gasteiger partial charge in [0.15, 0.2) is 0 Å². The van der Waals surface area contributed by atoms with Gasteiger partial charge in [0.25, 0.3) is 32.1 Å². The summed E-state index contributed by atoms with van der Waals surface area (Å²) < 4.78 is 65.2. The summed E-state index contributed by atoms with van der Waals surface area (Å²) in [6.07, 6.45) is 0. The van der Waals surface area contributed by atoms with Crippen LogP contribution in [0.4, 0.5) is 10.5 Å². The number of hydrogen-bond donors (Lipinski definition) is 6. The maximum Gasteiger partial charge on any atom is 0.348 e. The molecule has 156 valence electrons. The van der Waals surface area contributed by atoms with Crippen LogP contribution in [0.25, 0.3) is 10.8 Å². The molecule has 14 nitrogen and oxygen atoms in total. The van der Waals surface area contributed by atoms with Crippen molar-refractivity contribution < 1.29 is 40.3 Å². The molecule has 3 rings (SSSR count). The van der Waals surface area contributed by atoms with Crippen LogP contribution in [-0.4, -0.2) is 152 Å². The Hall–Kier alpha value is -0.0373. The second-order valence-electron chi connectivity index (χ2n) is 5.71. The third-order valence-corrected chi connectivity index (χ3v) is 5.72. The molecule has 0 fully saturated rings. The fourth-order valence-electron chi connectivity index (χ4n) is 2.80. The van der Waals surface area contributed by atoms with Gasteiger partial charge in [0.1, 0.15) is 4.90 Å². The van der Waals surface area contributed by atoms with Gasteiger partial charge in [-0.1, -0.05) is 0 Å². The number of nitrogens with one attached hydrogen (secondary N) is 2. The number of hydrogen-bond acceptors (Lipinski definition) is 9. The zero-order valence-electron chi connectivity index (χ0n) is 15.9. The van der Waals surface area contributed by atoms with Crippen LogP contribution in [0.1, 0.15) is 20.7 Å². The molecule has 1 heterocycles. The van der Waals surface area contributed by atoms with Gasteiger partial charge in [-0.3, -0.25) is 24.1 Å². The minimum atomic E-state index is -4.99. The number of hydrazine groups is 2. The van der Waals surface area contributed by atoms with Gasteiger partial charge in [-0.15, -0.1) is 0 Å². The molecule has 2 aromatic carbocycles. The van der Waals surface area contributed by atoms with Gasteiger partial charge in [-0.2, -0.15) is 21.8 Å². The first-order valence-corrected chi connectivity index (χ1v) is 10.2. The van der Waals surface area contributed by atoms with E-state index in [-0.39, 0.29) is 113 Å². The van der Waals surface area contributed by atoms with Gasteiger partial charge in [0, 0.05) is 114 Å². The molecule has 2 radical (unpaired) electrons. The second-order valence-corrected chi connectivity index (χ2v) is 8.52. The van der Waals surface area contributed by atoms with Crippen LogP contribution in [0.5, 0.6) is 0 Å². The molecule has 4 amide bonds. The predicted octanol–water partition coefficient (Wildman–Crippen LogP) is -2.16. The summed E-state index contributed by atoms with van der Waals surface area (Å²) in [4.78, 5) is 35.0. The molecule has 18 heteroatoms. The van der Waals surface area contributed by atoms with Crippen LogP contribution in [0.15, 0.2) is 28.0 Å². The number of nitrogens with zero attached hydrogens (tertiary/aromatic N) is 1. The molecule has 1 aliphatic rings. The number of nitrogens with two attached hydrogens (primary N) is 2. The zero-order valence-corrected chi connectivity index (χ0v) is 23.8. The van der Waals surface area contributed by atoms with E-state index in [9.17, 15) is 40.3 Å². The summed E-state index contributed by atoms with van der Waals surface area (Å²) in [6.45, 7) is 0. The fraction of sp³-hybridized carbons (Fsp3) is 0. The van der Waals surface area contributed by atoms with Crippen LogP contribution < -0.4 is 22.4 Å². The number of anilines is 1. The molecule has 0 aliphatic carbocycles. The molecule has 0 saturated heterocycles. The molecular formula is C13H11K2N5O9S2. The van der Waals surface area contributed by atoms with Crippen molar-refractivity contribution in [1.29, 1.82) is 0 Å². The van der Waals surface area contributed by atoms with Crippen molar-refractivity contribution in [2.75, 3.05) is 5.73 Å². The third-order valence-electron chi connectivity index (χ3n) is 4.00. The van der Waals surface area contributed by atoms with Crippen molar-refractivity contribution in [2.45, 2.75) is 9.79 Å². The molecular weight excluding hydrogens is 512 g/mol. The normalized spacial score (nSPS) is 13.3. The summed E-state index contributed by atoms with van der Waals surface area (Å²) in [5.74, 6) is 2.44. The Kier molecular flexibility index (Phi) is 9.42. The molecule has 0 spiro atoms. The topological polar surface area (TPSA) is 239 Å². The Balaban J connectivity index is 0.00000240. The number of imide groups is 1. The molecule has 1 aliphatic heterocycles. The number of amides is 4. The Morgan fingerprint density at radius 2 is 1.45 bits per heavy atom. The number of rotatable bonds is 3. The second kappa shape index (κ2) is 10.1. The third kappa shape index (κ3) is 5.38. The van der Waals surface area contributed by atoms with Gasteiger partial charge in [-0.25, -0.2) is 16.1 Å². The number of urea groups is 1. The van der Waals surface area contributed by atoms with Crippen LogP contribution >= 0.6 is 0 Å². The molecule has 0 unspecified atom stereocenters. The van der Waals surface area contributed by atoms with Crippen molar-refractivity contribution in [3.05, 3.63) is 29.3 Å². The predicted molar refractivity (Wildman–Crippen MR) is 106 cm³/mol. The number of carbonyl (C=O) groups excluding carboxylic acids is 3. The van der Waals surface area contributed by atoms with Crippen molar-refractivity contribution in [2.24, 2.45) is 5.84 Å². The smallest absolute Gasteiger partial charge is 0.348 e. The monoisotopic (exact) mass is 523 g/mol. The molecule has 0 saturated carbocycles. The molecule has 0 aromatic heterocycles. The van der Waals surface area contributed by atoms with Crippen LogP contribution in [-0.2, 0) is 20.2 Å². The first kappa shape index (κ1) is 29.0. The van der Waals surface area contributed by atoms with Gasteiger partial charge < -0.3 is 5.73 Å². The van der Waals surface area contributed by atoms with Gasteiger partial charge in [0.05, 0.1) is 21.7 Å². The van der Waals surface area contributed by atoms with Crippen molar-refractivity contribution in [1.82, 2.24) is 15.9 Å². The Morgan fingerprint density at radius 1 is 0.935 bits per heavy atom. The minimum absolute atomic E-state index is 0.